The molecule has 0 bridgehead atoms. The van der Waals surface area contributed by atoms with Crippen LogP contribution in [0, 0.1) is 0 Å². The van der Waals surface area contributed by atoms with Crippen molar-refractivity contribution in [1.82, 2.24) is 0 Å². The quantitative estimate of drug-likeness (QED) is 0.630. The predicted octanol–water partition coefficient (Wildman–Crippen LogP) is 2.97. The van der Waals surface area contributed by atoms with E-state index in [1.165, 1.54) is 12.1 Å². The second-order valence-corrected chi connectivity index (χ2v) is 4.26. The Kier molecular flexibility index (Phi) is 4.79. The van der Waals surface area contributed by atoms with Gasteiger partial charge in [0.1, 0.15) is 0 Å². The molecule has 0 amide bonds. The Labute approximate surface area is 98.2 Å². The second-order valence-electron chi connectivity index (χ2n) is 3.13. The van der Waals surface area contributed by atoms with Crippen molar-refractivity contribution in [2.24, 2.45) is 0 Å². The van der Waals surface area contributed by atoms with E-state index in [0.29, 0.717) is 12.8 Å². The summed E-state index contributed by atoms with van der Waals surface area (Å²) < 4.78 is 0. The molecule has 0 unspecified atom stereocenters. The molecule has 1 rings (SSSR count). The Balaban J connectivity index is 2.58. The van der Waals surface area contributed by atoms with Gasteiger partial charge in [0.05, 0.1) is 5.56 Å². The number of hydrogen-bond donors (Lipinski definition) is 1. The number of carbonyl (C=O) groups excluding carboxylic acids is 1. The van der Waals surface area contributed by atoms with E-state index in [9.17, 15) is 9.59 Å². The van der Waals surface area contributed by atoms with Crippen molar-refractivity contribution in [2.75, 3.05) is 0 Å². The summed E-state index contributed by atoms with van der Waals surface area (Å²) in [6.07, 6.45) is 2.82. The first-order valence-electron chi connectivity index (χ1n) is 4.78. The van der Waals surface area contributed by atoms with Crippen molar-refractivity contribution in [3.8, 4) is 0 Å². The van der Waals surface area contributed by atoms with Gasteiger partial charge in [-0.25, -0.2) is 4.79 Å². The van der Waals surface area contributed by atoms with Gasteiger partial charge in [-0.1, -0.05) is 17.8 Å². The largest absolute Gasteiger partial charge is 0.478 e. The standard InChI is InChI=1S/C12H12O3S/c1-2-3-4-11(13)16-10-7-5-9(6-8-10)12(14)15/h2,5-8H,1,3-4H2,(H,14,15). The molecule has 16 heavy (non-hydrogen) atoms. The monoisotopic (exact) mass is 236 g/mol. The van der Waals surface area contributed by atoms with Gasteiger partial charge in [-0.2, -0.15) is 0 Å². The zero-order valence-electron chi connectivity index (χ0n) is 8.68. The molecule has 0 saturated carbocycles. The average molecular weight is 236 g/mol. The van der Waals surface area contributed by atoms with Crippen LogP contribution in [0.2, 0.25) is 0 Å². The molecule has 1 aromatic carbocycles. The van der Waals surface area contributed by atoms with Gasteiger partial charge in [-0.15, -0.1) is 6.58 Å². The van der Waals surface area contributed by atoms with E-state index in [1.807, 2.05) is 0 Å². The van der Waals surface area contributed by atoms with E-state index in [4.69, 9.17) is 5.11 Å². The van der Waals surface area contributed by atoms with E-state index in [-0.39, 0.29) is 10.7 Å². The van der Waals surface area contributed by atoms with E-state index in [0.717, 1.165) is 16.7 Å². The first-order chi connectivity index (χ1) is 7.63. The van der Waals surface area contributed by atoms with Gasteiger partial charge in [-0.05, 0) is 30.7 Å². The average Bonchev–Trinajstić information content (AvgIpc) is 2.27. The molecule has 0 spiro atoms. The van der Waals surface area contributed by atoms with E-state index in [2.05, 4.69) is 6.58 Å². The summed E-state index contributed by atoms with van der Waals surface area (Å²) in [5.41, 5.74) is 0.225. The molecule has 0 saturated heterocycles. The lowest BCUT2D eigenvalue weighted by Crippen LogP contribution is -1.95. The van der Waals surface area contributed by atoms with Gasteiger partial charge in [-0.3, -0.25) is 4.79 Å². The minimum absolute atomic E-state index is 0.0583. The van der Waals surface area contributed by atoms with Gasteiger partial charge >= 0.3 is 5.97 Å². The molecule has 0 heterocycles. The number of benzene rings is 1. The third-order valence-corrected chi connectivity index (χ3v) is 2.83. The summed E-state index contributed by atoms with van der Waals surface area (Å²) >= 11 is 1.12. The number of aromatic carboxylic acids is 1. The summed E-state index contributed by atoms with van der Waals surface area (Å²) in [7, 11) is 0. The molecule has 0 aromatic heterocycles. The summed E-state index contributed by atoms with van der Waals surface area (Å²) in [6, 6.07) is 6.26. The highest BCUT2D eigenvalue weighted by molar-refractivity contribution is 8.13. The van der Waals surface area contributed by atoms with Crippen LogP contribution in [-0.4, -0.2) is 16.2 Å². The van der Waals surface area contributed by atoms with Crippen molar-refractivity contribution in [2.45, 2.75) is 17.7 Å². The zero-order valence-corrected chi connectivity index (χ0v) is 9.50. The number of rotatable bonds is 5. The van der Waals surface area contributed by atoms with Crippen molar-refractivity contribution in [1.29, 1.82) is 0 Å². The number of carboxylic acids is 1. The van der Waals surface area contributed by atoms with Crippen molar-refractivity contribution < 1.29 is 14.7 Å². The highest BCUT2D eigenvalue weighted by atomic mass is 32.2. The minimum atomic E-state index is -0.963. The highest BCUT2D eigenvalue weighted by Gasteiger charge is 2.05. The second kappa shape index (κ2) is 6.12. The Morgan fingerprint density at radius 3 is 2.44 bits per heavy atom. The fraction of sp³-hybridized carbons (Fsp3) is 0.167. The maximum atomic E-state index is 11.4. The third kappa shape index (κ3) is 3.90. The van der Waals surface area contributed by atoms with Crippen molar-refractivity contribution >= 4 is 22.8 Å². The van der Waals surface area contributed by atoms with Crippen LogP contribution in [0.3, 0.4) is 0 Å². The SMILES string of the molecule is C=CCCC(=O)Sc1ccc(C(=O)O)cc1. The van der Waals surface area contributed by atoms with E-state index in [1.54, 1.807) is 18.2 Å². The number of carbonyl (C=O) groups is 2. The maximum Gasteiger partial charge on any atom is 0.335 e. The Hall–Kier alpha value is -1.55. The summed E-state index contributed by atoms with van der Waals surface area (Å²) in [4.78, 5) is 22.7. The van der Waals surface area contributed by atoms with Gasteiger partial charge in [0.2, 0.25) is 0 Å². The Bertz CT molecular complexity index is 395. The molecule has 1 N–H and O–H groups in total. The van der Waals surface area contributed by atoms with Crippen molar-refractivity contribution in [3.63, 3.8) is 0 Å². The van der Waals surface area contributed by atoms with E-state index >= 15 is 0 Å². The summed E-state index contributed by atoms with van der Waals surface area (Å²) in [6.45, 7) is 3.54. The normalized spacial score (nSPS) is 9.75. The molecular weight excluding hydrogens is 224 g/mol. The van der Waals surface area contributed by atoms with Crippen LogP contribution in [-0.2, 0) is 4.79 Å². The van der Waals surface area contributed by atoms with Crippen LogP contribution in [0.4, 0.5) is 0 Å². The van der Waals surface area contributed by atoms with Crippen molar-refractivity contribution in [3.05, 3.63) is 42.5 Å². The predicted molar refractivity (Wildman–Crippen MR) is 63.7 cm³/mol. The topological polar surface area (TPSA) is 54.4 Å². The Morgan fingerprint density at radius 2 is 1.94 bits per heavy atom. The molecule has 0 fully saturated rings. The first-order valence-corrected chi connectivity index (χ1v) is 5.60. The lowest BCUT2D eigenvalue weighted by molar-refractivity contribution is -0.110. The molecule has 0 radical (unpaired) electrons. The minimum Gasteiger partial charge on any atom is -0.478 e. The first kappa shape index (κ1) is 12.5. The maximum absolute atomic E-state index is 11.4. The molecule has 84 valence electrons. The smallest absolute Gasteiger partial charge is 0.335 e. The van der Waals surface area contributed by atoms with Crippen LogP contribution in [0.1, 0.15) is 23.2 Å². The molecule has 0 aliphatic carbocycles. The molecule has 3 nitrogen and oxygen atoms in total. The number of hydrogen-bond acceptors (Lipinski definition) is 3. The fourth-order valence-electron chi connectivity index (χ4n) is 1.07. The number of carboxylic acid groups (broad SMARTS) is 1. The summed E-state index contributed by atoms with van der Waals surface area (Å²) in [5, 5.41) is 8.75. The van der Waals surface area contributed by atoms with Crippen LogP contribution in [0.5, 0.6) is 0 Å². The molecule has 1 aromatic rings. The molecule has 0 aliphatic rings. The lowest BCUT2D eigenvalue weighted by Gasteiger charge is -2.00. The summed E-state index contributed by atoms with van der Waals surface area (Å²) in [5.74, 6) is -0.963. The molecule has 4 heteroatoms. The van der Waals surface area contributed by atoms with Gasteiger partial charge < -0.3 is 5.11 Å². The molecular formula is C12H12O3S. The molecule has 0 atom stereocenters. The van der Waals surface area contributed by atoms with Crippen LogP contribution in [0.25, 0.3) is 0 Å². The lowest BCUT2D eigenvalue weighted by atomic mass is 10.2. The number of allylic oxidation sites excluding steroid dienone is 1. The third-order valence-electron chi connectivity index (χ3n) is 1.89. The molecule has 0 aliphatic heterocycles. The highest BCUT2D eigenvalue weighted by Crippen LogP contribution is 2.21. The van der Waals surface area contributed by atoms with Crippen LogP contribution >= 0.6 is 11.8 Å². The van der Waals surface area contributed by atoms with Gasteiger partial charge in [0.15, 0.2) is 5.12 Å². The van der Waals surface area contributed by atoms with Crippen LogP contribution < -0.4 is 0 Å². The van der Waals surface area contributed by atoms with Crippen LogP contribution in [0.15, 0.2) is 41.8 Å². The van der Waals surface area contributed by atoms with Gasteiger partial charge in [0, 0.05) is 11.3 Å². The van der Waals surface area contributed by atoms with Gasteiger partial charge in [0.25, 0.3) is 0 Å². The number of thioether (sulfide) groups is 1. The van der Waals surface area contributed by atoms with E-state index < -0.39 is 5.97 Å². The zero-order chi connectivity index (χ0) is 12.0. The fourth-order valence-corrected chi connectivity index (χ4v) is 1.82. The Morgan fingerprint density at radius 1 is 1.31 bits per heavy atom.